The highest BCUT2D eigenvalue weighted by Crippen LogP contribution is 1.97. The maximum Gasteiger partial charge on any atom is 0.320 e. The van der Waals surface area contributed by atoms with Crippen LogP contribution in [0.5, 0.6) is 0 Å². The van der Waals surface area contributed by atoms with Crippen LogP contribution in [0, 0.1) is 5.92 Å². The molecule has 0 aliphatic heterocycles. The summed E-state index contributed by atoms with van der Waals surface area (Å²) in [6.45, 7) is 3.14. The second-order valence-electron chi connectivity index (χ2n) is 1.81. The Hall–Kier alpha value is -1.06. The standard InChI is InChI=1S/C6H10O4/c1-3-10-6(9)4(2)5(7)8/h4H,3H2,1-2H3,(H,7,8)/t4-/m0/s1. The van der Waals surface area contributed by atoms with E-state index in [1.165, 1.54) is 6.92 Å². The van der Waals surface area contributed by atoms with Crippen molar-refractivity contribution in [3.63, 3.8) is 0 Å². The quantitative estimate of drug-likeness (QED) is 0.458. The molecule has 0 aliphatic rings. The van der Waals surface area contributed by atoms with Gasteiger partial charge in [-0.1, -0.05) is 0 Å². The van der Waals surface area contributed by atoms with E-state index < -0.39 is 17.9 Å². The summed E-state index contributed by atoms with van der Waals surface area (Å²) in [5.74, 6) is -2.89. The lowest BCUT2D eigenvalue weighted by Gasteiger charge is -2.03. The predicted octanol–water partition coefficient (Wildman–Crippen LogP) is 0.270. The van der Waals surface area contributed by atoms with Crippen molar-refractivity contribution in [3.05, 3.63) is 0 Å². The Balaban J connectivity index is 3.82. The fourth-order valence-electron chi connectivity index (χ4n) is 0.368. The molecule has 0 bridgehead atoms. The largest absolute Gasteiger partial charge is 0.481 e. The zero-order chi connectivity index (χ0) is 8.15. The summed E-state index contributed by atoms with van der Waals surface area (Å²) in [7, 11) is 0. The Kier molecular flexibility index (Phi) is 3.46. The number of carbonyl (C=O) groups excluding carboxylic acids is 1. The first-order chi connectivity index (χ1) is 4.59. The number of carboxylic acid groups (broad SMARTS) is 1. The predicted molar refractivity (Wildman–Crippen MR) is 33.4 cm³/mol. The number of carbonyl (C=O) groups is 2. The Morgan fingerprint density at radius 3 is 2.40 bits per heavy atom. The third-order valence-electron chi connectivity index (χ3n) is 1.01. The van der Waals surface area contributed by atoms with Crippen LogP contribution in [0.3, 0.4) is 0 Å². The molecule has 0 aromatic rings. The van der Waals surface area contributed by atoms with Crippen molar-refractivity contribution in [1.82, 2.24) is 0 Å². The van der Waals surface area contributed by atoms with Gasteiger partial charge in [0.25, 0.3) is 0 Å². The molecule has 0 saturated heterocycles. The van der Waals surface area contributed by atoms with Crippen molar-refractivity contribution < 1.29 is 19.4 Å². The topological polar surface area (TPSA) is 63.6 Å². The van der Waals surface area contributed by atoms with Gasteiger partial charge >= 0.3 is 11.9 Å². The van der Waals surface area contributed by atoms with Crippen molar-refractivity contribution in [1.29, 1.82) is 0 Å². The van der Waals surface area contributed by atoms with Gasteiger partial charge in [0, 0.05) is 0 Å². The molecular formula is C6H10O4. The molecule has 4 nitrogen and oxygen atoms in total. The molecule has 0 heterocycles. The van der Waals surface area contributed by atoms with Crippen LogP contribution in [0.2, 0.25) is 0 Å². The summed E-state index contributed by atoms with van der Waals surface area (Å²) in [5, 5.41) is 8.28. The highest BCUT2D eigenvalue weighted by Gasteiger charge is 2.20. The molecule has 0 fully saturated rings. The van der Waals surface area contributed by atoms with E-state index in [0.29, 0.717) is 0 Å². The van der Waals surface area contributed by atoms with E-state index in [1.54, 1.807) is 6.92 Å². The van der Waals surface area contributed by atoms with E-state index in [2.05, 4.69) is 4.74 Å². The van der Waals surface area contributed by atoms with Crippen molar-refractivity contribution in [3.8, 4) is 0 Å². The van der Waals surface area contributed by atoms with Crippen LogP contribution in [0.25, 0.3) is 0 Å². The summed E-state index contributed by atoms with van der Waals surface area (Å²) in [6, 6.07) is 0. The molecule has 4 heteroatoms. The number of ether oxygens (including phenoxy) is 1. The monoisotopic (exact) mass is 146 g/mol. The maximum atomic E-state index is 10.6. The summed E-state index contributed by atoms with van der Waals surface area (Å²) in [6.07, 6.45) is 0. The van der Waals surface area contributed by atoms with Gasteiger partial charge in [0.15, 0.2) is 5.92 Å². The number of esters is 1. The highest BCUT2D eigenvalue weighted by atomic mass is 16.5. The van der Waals surface area contributed by atoms with Crippen LogP contribution in [0.1, 0.15) is 13.8 Å². The van der Waals surface area contributed by atoms with Gasteiger partial charge in [0.1, 0.15) is 0 Å². The fraction of sp³-hybridized carbons (Fsp3) is 0.667. The summed E-state index contributed by atoms with van der Waals surface area (Å²) < 4.78 is 4.45. The Morgan fingerprint density at radius 1 is 1.60 bits per heavy atom. The zero-order valence-electron chi connectivity index (χ0n) is 5.96. The lowest BCUT2D eigenvalue weighted by atomic mass is 10.2. The molecule has 0 radical (unpaired) electrons. The molecule has 0 spiro atoms. The molecule has 0 aromatic heterocycles. The smallest absolute Gasteiger partial charge is 0.320 e. The number of hydrogen-bond acceptors (Lipinski definition) is 3. The second-order valence-corrected chi connectivity index (χ2v) is 1.81. The van der Waals surface area contributed by atoms with Crippen LogP contribution in [-0.2, 0) is 14.3 Å². The van der Waals surface area contributed by atoms with E-state index >= 15 is 0 Å². The van der Waals surface area contributed by atoms with Crippen molar-refractivity contribution in [2.75, 3.05) is 6.61 Å². The van der Waals surface area contributed by atoms with E-state index in [1.807, 2.05) is 0 Å². The molecule has 58 valence electrons. The number of carboxylic acids is 1. The molecule has 0 amide bonds. The maximum absolute atomic E-state index is 10.6. The zero-order valence-corrected chi connectivity index (χ0v) is 5.96. The van der Waals surface area contributed by atoms with Crippen molar-refractivity contribution >= 4 is 11.9 Å². The first kappa shape index (κ1) is 8.94. The van der Waals surface area contributed by atoms with Crippen LogP contribution in [-0.4, -0.2) is 23.7 Å². The minimum atomic E-state index is -1.15. The van der Waals surface area contributed by atoms with E-state index in [-0.39, 0.29) is 6.61 Å². The number of aliphatic carboxylic acids is 1. The van der Waals surface area contributed by atoms with Gasteiger partial charge in [-0.05, 0) is 13.8 Å². The van der Waals surface area contributed by atoms with Gasteiger partial charge in [-0.2, -0.15) is 0 Å². The molecule has 1 N–H and O–H groups in total. The van der Waals surface area contributed by atoms with Gasteiger partial charge in [0.05, 0.1) is 6.61 Å². The van der Waals surface area contributed by atoms with Crippen molar-refractivity contribution in [2.24, 2.45) is 5.92 Å². The first-order valence-corrected chi connectivity index (χ1v) is 2.99. The molecule has 0 rings (SSSR count). The molecule has 10 heavy (non-hydrogen) atoms. The molecule has 0 saturated carbocycles. The number of hydrogen-bond donors (Lipinski definition) is 1. The van der Waals surface area contributed by atoms with Gasteiger partial charge in [0.2, 0.25) is 0 Å². The normalized spacial score (nSPS) is 12.2. The Morgan fingerprint density at radius 2 is 2.10 bits per heavy atom. The first-order valence-electron chi connectivity index (χ1n) is 2.99. The van der Waals surface area contributed by atoms with Crippen LogP contribution < -0.4 is 0 Å². The minimum Gasteiger partial charge on any atom is -0.481 e. The molecular weight excluding hydrogens is 136 g/mol. The van der Waals surface area contributed by atoms with Gasteiger partial charge in [-0.3, -0.25) is 9.59 Å². The highest BCUT2D eigenvalue weighted by molar-refractivity contribution is 5.93. The average Bonchev–Trinajstić information content (AvgIpc) is 1.87. The van der Waals surface area contributed by atoms with Gasteiger partial charge in [-0.15, -0.1) is 0 Å². The van der Waals surface area contributed by atoms with Crippen LogP contribution >= 0.6 is 0 Å². The molecule has 1 atom stereocenters. The third-order valence-corrected chi connectivity index (χ3v) is 1.01. The van der Waals surface area contributed by atoms with E-state index in [0.717, 1.165) is 0 Å². The lowest BCUT2D eigenvalue weighted by molar-refractivity contribution is -0.157. The van der Waals surface area contributed by atoms with Crippen LogP contribution in [0.15, 0.2) is 0 Å². The number of rotatable bonds is 3. The van der Waals surface area contributed by atoms with Gasteiger partial charge < -0.3 is 9.84 Å². The SMILES string of the molecule is CCOC(=O)[C@@H](C)C(=O)O. The molecule has 0 unspecified atom stereocenters. The molecule has 0 aliphatic carbocycles. The summed E-state index contributed by atoms with van der Waals surface area (Å²) >= 11 is 0. The molecule has 0 aromatic carbocycles. The van der Waals surface area contributed by atoms with Crippen LogP contribution in [0.4, 0.5) is 0 Å². The summed E-state index contributed by atoms with van der Waals surface area (Å²) in [5.41, 5.74) is 0. The Labute approximate surface area is 58.8 Å². The third kappa shape index (κ3) is 2.48. The minimum absolute atomic E-state index is 0.219. The van der Waals surface area contributed by atoms with Gasteiger partial charge in [-0.25, -0.2) is 0 Å². The van der Waals surface area contributed by atoms with E-state index in [4.69, 9.17) is 5.11 Å². The second kappa shape index (κ2) is 3.87. The van der Waals surface area contributed by atoms with Crippen molar-refractivity contribution in [2.45, 2.75) is 13.8 Å². The Bertz CT molecular complexity index is 141. The lowest BCUT2D eigenvalue weighted by Crippen LogP contribution is -2.22. The average molecular weight is 146 g/mol. The van der Waals surface area contributed by atoms with E-state index in [9.17, 15) is 9.59 Å². The fourth-order valence-corrected chi connectivity index (χ4v) is 0.368. The summed E-state index contributed by atoms with van der Waals surface area (Å²) in [4.78, 5) is 20.7.